The zero-order chi connectivity index (χ0) is 14.8. The third kappa shape index (κ3) is 3.81. The average molecular weight is 296 g/mol. The molecule has 4 nitrogen and oxygen atoms in total. The van der Waals surface area contributed by atoms with E-state index in [0.29, 0.717) is 16.9 Å². The van der Waals surface area contributed by atoms with Crippen molar-refractivity contribution in [2.24, 2.45) is 5.92 Å². The molecule has 0 bridgehead atoms. The van der Waals surface area contributed by atoms with Crippen molar-refractivity contribution in [3.8, 4) is 0 Å². The Labute approximate surface area is 122 Å². The summed E-state index contributed by atoms with van der Waals surface area (Å²) in [6, 6.07) is 7.80. The molecule has 1 saturated heterocycles. The van der Waals surface area contributed by atoms with Crippen molar-refractivity contribution in [1.82, 2.24) is 10.2 Å². The van der Waals surface area contributed by atoms with E-state index in [0.717, 1.165) is 26.2 Å². The van der Waals surface area contributed by atoms with E-state index in [2.05, 4.69) is 24.1 Å². The monoisotopic (exact) mass is 296 g/mol. The smallest absolute Gasteiger partial charge is 0.175 e. The highest BCUT2D eigenvalue weighted by molar-refractivity contribution is 7.90. The first-order valence-corrected chi connectivity index (χ1v) is 9.01. The van der Waals surface area contributed by atoms with E-state index in [9.17, 15) is 8.42 Å². The summed E-state index contributed by atoms with van der Waals surface area (Å²) in [4.78, 5) is 2.87. The van der Waals surface area contributed by atoms with E-state index >= 15 is 0 Å². The molecular weight excluding hydrogens is 272 g/mol. The lowest BCUT2D eigenvalue weighted by Crippen LogP contribution is -2.52. The van der Waals surface area contributed by atoms with Gasteiger partial charge in [-0.1, -0.05) is 26.0 Å². The molecule has 1 aromatic carbocycles. The van der Waals surface area contributed by atoms with Gasteiger partial charge in [-0.3, -0.25) is 4.90 Å². The molecule has 0 aliphatic carbocycles. The lowest BCUT2D eigenvalue weighted by Gasteiger charge is -2.38. The van der Waals surface area contributed by atoms with Crippen LogP contribution in [0, 0.1) is 5.92 Å². The van der Waals surface area contributed by atoms with Gasteiger partial charge in [0, 0.05) is 38.5 Å². The van der Waals surface area contributed by atoms with E-state index in [1.807, 2.05) is 12.1 Å². The lowest BCUT2D eigenvalue weighted by atomic mass is 10.00. The van der Waals surface area contributed by atoms with Gasteiger partial charge in [-0.2, -0.15) is 0 Å². The summed E-state index contributed by atoms with van der Waals surface area (Å²) in [5, 5.41) is 3.44. The van der Waals surface area contributed by atoms with E-state index in [4.69, 9.17) is 0 Å². The minimum atomic E-state index is -3.10. The topological polar surface area (TPSA) is 49.4 Å². The molecule has 0 saturated carbocycles. The molecule has 0 aromatic heterocycles. The van der Waals surface area contributed by atoms with E-state index in [-0.39, 0.29) is 0 Å². The number of hydrogen-bond donors (Lipinski definition) is 1. The van der Waals surface area contributed by atoms with Gasteiger partial charge in [-0.15, -0.1) is 0 Å². The Hall–Kier alpha value is -0.910. The van der Waals surface area contributed by atoms with Crippen LogP contribution in [0.15, 0.2) is 29.2 Å². The Morgan fingerprint density at radius 3 is 2.50 bits per heavy atom. The van der Waals surface area contributed by atoms with Crippen molar-refractivity contribution in [3.63, 3.8) is 0 Å². The fourth-order valence-corrected chi connectivity index (χ4v) is 3.33. The maximum absolute atomic E-state index is 11.5. The van der Waals surface area contributed by atoms with Crippen molar-refractivity contribution in [1.29, 1.82) is 0 Å². The van der Waals surface area contributed by atoms with Crippen molar-refractivity contribution >= 4 is 9.84 Å². The number of piperazine rings is 1. The molecule has 1 aromatic rings. The Balaban J connectivity index is 2.09. The van der Waals surface area contributed by atoms with Crippen LogP contribution >= 0.6 is 0 Å². The van der Waals surface area contributed by atoms with Crippen LogP contribution in [-0.2, 0) is 16.4 Å². The van der Waals surface area contributed by atoms with Gasteiger partial charge in [0.05, 0.1) is 4.90 Å². The number of nitrogens with zero attached hydrogens (tertiary/aromatic N) is 1. The predicted octanol–water partition coefficient (Wildman–Crippen LogP) is 1.52. The standard InChI is InChI=1S/C15H24N2O2S/c1-12(2)15-10-16-8-9-17(15)11-13-4-6-14(7-5-13)20(3,18)19/h4-7,12,15-16H,8-11H2,1-3H3. The number of hydrogen-bond acceptors (Lipinski definition) is 4. The molecule has 1 N–H and O–H groups in total. The van der Waals surface area contributed by atoms with Crippen molar-refractivity contribution in [3.05, 3.63) is 29.8 Å². The zero-order valence-electron chi connectivity index (χ0n) is 12.5. The summed E-state index contributed by atoms with van der Waals surface area (Å²) < 4.78 is 22.9. The summed E-state index contributed by atoms with van der Waals surface area (Å²) in [6.45, 7) is 8.46. The molecule has 1 aliphatic rings. The molecule has 1 unspecified atom stereocenters. The van der Waals surface area contributed by atoms with Crippen molar-refractivity contribution in [2.45, 2.75) is 31.3 Å². The first-order valence-electron chi connectivity index (χ1n) is 7.11. The number of nitrogens with one attached hydrogen (secondary N) is 1. The van der Waals surface area contributed by atoms with Gasteiger partial charge < -0.3 is 5.32 Å². The molecule has 1 heterocycles. The maximum atomic E-state index is 11.5. The Morgan fingerprint density at radius 2 is 1.95 bits per heavy atom. The van der Waals surface area contributed by atoms with Gasteiger partial charge >= 0.3 is 0 Å². The van der Waals surface area contributed by atoms with Gasteiger partial charge in [0.15, 0.2) is 9.84 Å². The van der Waals surface area contributed by atoms with Crippen LogP contribution in [0.3, 0.4) is 0 Å². The molecule has 0 radical (unpaired) electrons. The fraction of sp³-hybridized carbons (Fsp3) is 0.600. The molecule has 1 fully saturated rings. The molecule has 20 heavy (non-hydrogen) atoms. The number of sulfone groups is 1. The first kappa shape index (κ1) is 15.5. The van der Waals surface area contributed by atoms with Gasteiger partial charge in [0.1, 0.15) is 0 Å². The summed E-state index contributed by atoms with van der Waals surface area (Å²) in [5.74, 6) is 0.609. The van der Waals surface area contributed by atoms with Crippen molar-refractivity contribution in [2.75, 3.05) is 25.9 Å². The minimum absolute atomic E-state index is 0.391. The van der Waals surface area contributed by atoms with Crippen LogP contribution in [0.5, 0.6) is 0 Å². The second-order valence-electron chi connectivity index (χ2n) is 5.90. The molecule has 0 spiro atoms. The third-order valence-electron chi connectivity index (χ3n) is 3.91. The average Bonchev–Trinajstić information content (AvgIpc) is 2.38. The maximum Gasteiger partial charge on any atom is 0.175 e. The van der Waals surface area contributed by atoms with Crippen LogP contribution in [-0.4, -0.2) is 45.2 Å². The number of rotatable bonds is 4. The molecule has 112 valence electrons. The summed E-state index contributed by atoms with van der Waals surface area (Å²) in [6.07, 6.45) is 1.24. The van der Waals surface area contributed by atoms with Crippen LogP contribution < -0.4 is 5.32 Å². The Bertz CT molecular complexity index is 537. The molecule has 5 heteroatoms. The second-order valence-corrected chi connectivity index (χ2v) is 7.92. The Kier molecular flexibility index (Phi) is 4.83. The normalized spacial score (nSPS) is 21.3. The molecular formula is C15H24N2O2S. The summed E-state index contributed by atoms with van der Waals surface area (Å²) in [7, 11) is -3.10. The van der Waals surface area contributed by atoms with Crippen LogP contribution in [0.1, 0.15) is 19.4 Å². The highest BCUT2D eigenvalue weighted by Gasteiger charge is 2.24. The fourth-order valence-electron chi connectivity index (χ4n) is 2.70. The van der Waals surface area contributed by atoms with E-state index in [1.165, 1.54) is 11.8 Å². The largest absolute Gasteiger partial charge is 0.314 e. The van der Waals surface area contributed by atoms with Crippen LogP contribution in [0.2, 0.25) is 0 Å². The molecule has 0 amide bonds. The minimum Gasteiger partial charge on any atom is -0.314 e. The predicted molar refractivity (Wildman–Crippen MR) is 81.5 cm³/mol. The van der Waals surface area contributed by atoms with Crippen molar-refractivity contribution < 1.29 is 8.42 Å². The first-order chi connectivity index (χ1) is 9.38. The third-order valence-corrected chi connectivity index (χ3v) is 5.03. The van der Waals surface area contributed by atoms with Gasteiger partial charge in [0.2, 0.25) is 0 Å². The zero-order valence-corrected chi connectivity index (χ0v) is 13.3. The lowest BCUT2D eigenvalue weighted by molar-refractivity contribution is 0.117. The van der Waals surface area contributed by atoms with Gasteiger partial charge in [-0.05, 0) is 23.6 Å². The summed E-state index contributed by atoms with van der Waals surface area (Å²) >= 11 is 0. The van der Waals surface area contributed by atoms with Gasteiger partial charge in [-0.25, -0.2) is 8.42 Å². The Morgan fingerprint density at radius 1 is 1.30 bits per heavy atom. The molecule has 1 aliphatic heterocycles. The summed E-state index contributed by atoms with van der Waals surface area (Å²) in [5.41, 5.74) is 1.17. The highest BCUT2D eigenvalue weighted by atomic mass is 32.2. The number of benzene rings is 1. The van der Waals surface area contributed by atoms with E-state index < -0.39 is 9.84 Å². The highest BCUT2D eigenvalue weighted by Crippen LogP contribution is 2.17. The SMILES string of the molecule is CC(C)C1CNCCN1Cc1ccc(S(C)(=O)=O)cc1. The van der Waals surface area contributed by atoms with Crippen LogP contribution in [0.25, 0.3) is 0 Å². The molecule has 1 atom stereocenters. The van der Waals surface area contributed by atoms with E-state index in [1.54, 1.807) is 12.1 Å². The van der Waals surface area contributed by atoms with Crippen LogP contribution in [0.4, 0.5) is 0 Å². The molecule has 2 rings (SSSR count). The second kappa shape index (κ2) is 6.24. The quantitative estimate of drug-likeness (QED) is 0.915. The van der Waals surface area contributed by atoms with Gasteiger partial charge in [0.25, 0.3) is 0 Å².